The van der Waals surface area contributed by atoms with Crippen molar-refractivity contribution < 1.29 is 0 Å². The van der Waals surface area contributed by atoms with Gasteiger partial charge in [0.05, 0.1) is 0 Å². The van der Waals surface area contributed by atoms with Crippen LogP contribution in [0.3, 0.4) is 0 Å². The first-order valence-electron chi connectivity index (χ1n) is 6.78. The molecule has 4 rings (SSSR count). The molecule has 96 valence electrons. The highest BCUT2D eigenvalue weighted by Crippen LogP contribution is 2.37. The Morgan fingerprint density at radius 1 is 0.895 bits per heavy atom. The van der Waals surface area contributed by atoms with Crippen LogP contribution in [0.5, 0.6) is 0 Å². The van der Waals surface area contributed by atoms with Crippen LogP contribution in [0.2, 0.25) is 0 Å². The monoisotopic (exact) mass is 268 g/mol. The van der Waals surface area contributed by atoms with E-state index in [1.807, 2.05) is 17.4 Å². The summed E-state index contributed by atoms with van der Waals surface area (Å²) in [6.45, 7) is 2.40. The maximum Gasteiger partial charge on any atom is 0.0380 e. The van der Waals surface area contributed by atoms with Gasteiger partial charge in [0.2, 0.25) is 0 Å². The Hall–Kier alpha value is -1.74. The molecule has 2 aromatic carbocycles. The van der Waals surface area contributed by atoms with Crippen LogP contribution < -0.4 is 10.6 Å². The quantitative estimate of drug-likeness (QED) is 0.669. The number of fused-ring (bicyclic) bond motifs is 3. The predicted molar refractivity (Wildman–Crippen MR) is 85.2 cm³/mol. The number of nitrogen functional groups attached to an aromatic ring is 1. The molecular weight excluding hydrogens is 252 g/mol. The first-order chi connectivity index (χ1) is 9.31. The molecule has 3 heteroatoms. The van der Waals surface area contributed by atoms with Gasteiger partial charge in [-0.05, 0) is 37.1 Å². The molecule has 1 aromatic heterocycles. The summed E-state index contributed by atoms with van der Waals surface area (Å²) < 4.78 is 2.65. The molecule has 0 saturated carbocycles. The zero-order valence-electron chi connectivity index (χ0n) is 10.7. The van der Waals surface area contributed by atoms with Crippen LogP contribution in [0.15, 0.2) is 36.4 Å². The van der Waals surface area contributed by atoms with Gasteiger partial charge in [-0.25, -0.2) is 0 Å². The average molecular weight is 268 g/mol. The van der Waals surface area contributed by atoms with Gasteiger partial charge in [-0.1, -0.05) is 12.1 Å². The first-order valence-corrected chi connectivity index (χ1v) is 7.60. The minimum Gasteiger partial charge on any atom is -0.399 e. The molecule has 0 unspecified atom stereocenters. The summed E-state index contributed by atoms with van der Waals surface area (Å²) in [5.41, 5.74) is 8.09. The number of nitrogens with zero attached hydrogens (tertiary/aromatic N) is 1. The highest BCUT2D eigenvalue weighted by molar-refractivity contribution is 7.25. The predicted octanol–water partition coefficient (Wildman–Crippen LogP) is 4.24. The second-order valence-corrected chi connectivity index (χ2v) is 6.32. The topological polar surface area (TPSA) is 29.3 Å². The number of hydrogen-bond donors (Lipinski definition) is 1. The number of anilines is 2. The van der Waals surface area contributed by atoms with E-state index in [1.165, 1.54) is 51.8 Å². The minimum absolute atomic E-state index is 0.846. The molecule has 0 bridgehead atoms. The lowest BCUT2D eigenvalue weighted by molar-refractivity contribution is 0.949. The van der Waals surface area contributed by atoms with Gasteiger partial charge in [0.1, 0.15) is 0 Å². The summed E-state index contributed by atoms with van der Waals surface area (Å²) in [6, 6.07) is 13.1. The number of rotatable bonds is 1. The average Bonchev–Trinajstić information content (AvgIpc) is 3.04. The fourth-order valence-corrected chi connectivity index (χ4v) is 4.14. The van der Waals surface area contributed by atoms with Gasteiger partial charge in [0.25, 0.3) is 0 Å². The number of hydrogen-bond acceptors (Lipinski definition) is 3. The highest BCUT2D eigenvalue weighted by Gasteiger charge is 2.13. The maximum atomic E-state index is 5.87. The van der Waals surface area contributed by atoms with Crippen molar-refractivity contribution in [3.63, 3.8) is 0 Å². The molecule has 1 saturated heterocycles. The molecule has 0 aliphatic carbocycles. The zero-order chi connectivity index (χ0) is 12.8. The molecule has 3 aromatic rings. The summed E-state index contributed by atoms with van der Waals surface area (Å²) in [7, 11) is 0. The van der Waals surface area contributed by atoms with Crippen molar-refractivity contribution in [2.24, 2.45) is 0 Å². The van der Waals surface area contributed by atoms with E-state index in [-0.39, 0.29) is 0 Å². The largest absolute Gasteiger partial charge is 0.399 e. The van der Waals surface area contributed by atoms with Crippen molar-refractivity contribution in [1.82, 2.24) is 0 Å². The second kappa shape index (κ2) is 4.14. The van der Waals surface area contributed by atoms with E-state index in [0.717, 1.165) is 5.69 Å². The molecule has 2 N–H and O–H groups in total. The molecule has 0 radical (unpaired) electrons. The molecule has 2 nitrogen and oxygen atoms in total. The van der Waals surface area contributed by atoms with Crippen LogP contribution in [0.4, 0.5) is 11.4 Å². The van der Waals surface area contributed by atoms with Gasteiger partial charge in [-0.2, -0.15) is 0 Å². The Kier molecular flexibility index (Phi) is 2.42. The number of benzene rings is 2. The Bertz CT molecular complexity index is 754. The molecule has 0 atom stereocenters. The molecule has 0 amide bonds. The van der Waals surface area contributed by atoms with E-state index in [1.54, 1.807) is 0 Å². The standard InChI is InChI=1S/C16H16N2S/c17-11-3-5-13-14-6-4-12(18-7-1-2-8-18)10-16(14)19-15(13)9-11/h3-6,9-10H,1-2,7-8,17H2. The lowest BCUT2D eigenvalue weighted by atomic mass is 10.1. The highest BCUT2D eigenvalue weighted by atomic mass is 32.1. The van der Waals surface area contributed by atoms with Crippen molar-refractivity contribution in [1.29, 1.82) is 0 Å². The summed E-state index contributed by atoms with van der Waals surface area (Å²) in [4.78, 5) is 2.48. The van der Waals surface area contributed by atoms with E-state index in [4.69, 9.17) is 5.73 Å². The van der Waals surface area contributed by atoms with Crippen molar-refractivity contribution in [2.75, 3.05) is 23.7 Å². The Morgan fingerprint density at radius 2 is 1.58 bits per heavy atom. The van der Waals surface area contributed by atoms with E-state index in [0.29, 0.717) is 0 Å². The molecule has 0 spiro atoms. The van der Waals surface area contributed by atoms with Crippen LogP contribution in [0, 0.1) is 0 Å². The normalized spacial score (nSPS) is 15.7. The van der Waals surface area contributed by atoms with Gasteiger partial charge < -0.3 is 10.6 Å². The first kappa shape index (κ1) is 11.1. The van der Waals surface area contributed by atoms with Gasteiger partial charge in [0, 0.05) is 44.6 Å². The Labute approximate surface area is 116 Å². The molecule has 1 aliphatic rings. The fraction of sp³-hybridized carbons (Fsp3) is 0.250. The molecule has 2 heterocycles. The van der Waals surface area contributed by atoms with Gasteiger partial charge in [-0.15, -0.1) is 11.3 Å². The summed E-state index contributed by atoms with van der Waals surface area (Å²) >= 11 is 1.84. The van der Waals surface area contributed by atoms with Crippen LogP contribution in [0.25, 0.3) is 20.2 Å². The van der Waals surface area contributed by atoms with E-state index in [9.17, 15) is 0 Å². The smallest absolute Gasteiger partial charge is 0.0380 e. The van der Waals surface area contributed by atoms with Crippen LogP contribution >= 0.6 is 11.3 Å². The van der Waals surface area contributed by atoms with Crippen molar-refractivity contribution in [3.8, 4) is 0 Å². The SMILES string of the molecule is Nc1ccc2c(c1)sc1cc(N3CCCC3)ccc12. The second-order valence-electron chi connectivity index (χ2n) is 5.23. The van der Waals surface area contributed by atoms with E-state index >= 15 is 0 Å². The minimum atomic E-state index is 0.846. The van der Waals surface area contributed by atoms with Crippen LogP contribution in [-0.4, -0.2) is 13.1 Å². The molecular formula is C16H16N2S. The third-order valence-corrected chi connectivity index (χ3v) is 5.07. The van der Waals surface area contributed by atoms with Gasteiger partial charge in [-0.3, -0.25) is 0 Å². The third-order valence-electron chi connectivity index (χ3n) is 3.95. The summed E-state index contributed by atoms with van der Waals surface area (Å²) in [6.07, 6.45) is 2.64. The molecule has 1 aliphatic heterocycles. The molecule has 19 heavy (non-hydrogen) atoms. The fourth-order valence-electron chi connectivity index (χ4n) is 2.95. The maximum absolute atomic E-state index is 5.87. The van der Waals surface area contributed by atoms with Crippen molar-refractivity contribution >= 4 is 42.9 Å². The Balaban J connectivity index is 1.91. The third kappa shape index (κ3) is 1.77. The number of nitrogens with two attached hydrogens (primary N) is 1. The zero-order valence-corrected chi connectivity index (χ0v) is 11.5. The Morgan fingerprint density at radius 3 is 2.37 bits per heavy atom. The molecule has 1 fully saturated rings. The lowest BCUT2D eigenvalue weighted by Crippen LogP contribution is -2.17. The van der Waals surface area contributed by atoms with E-state index < -0.39 is 0 Å². The van der Waals surface area contributed by atoms with Crippen molar-refractivity contribution in [2.45, 2.75) is 12.8 Å². The van der Waals surface area contributed by atoms with Gasteiger partial charge in [0.15, 0.2) is 0 Å². The summed E-state index contributed by atoms with van der Waals surface area (Å²) in [5, 5.41) is 2.67. The van der Waals surface area contributed by atoms with Crippen LogP contribution in [-0.2, 0) is 0 Å². The van der Waals surface area contributed by atoms with E-state index in [2.05, 4.69) is 35.2 Å². The van der Waals surface area contributed by atoms with Crippen LogP contribution in [0.1, 0.15) is 12.8 Å². The van der Waals surface area contributed by atoms with Gasteiger partial charge >= 0.3 is 0 Å². The number of thiophene rings is 1. The lowest BCUT2D eigenvalue weighted by Gasteiger charge is -2.17. The van der Waals surface area contributed by atoms with Crippen molar-refractivity contribution in [3.05, 3.63) is 36.4 Å². The summed E-state index contributed by atoms with van der Waals surface area (Å²) in [5.74, 6) is 0.